The number of fused-ring (bicyclic) bond motifs is 3. The molecule has 0 N–H and O–H groups in total. The number of hydrogen-bond acceptors (Lipinski definition) is 4. The van der Waals surface area contributed by atoms with Crippen molar-refractivity contribution in [3.05, 3.63) is 88.6 Å². The molecule has 0 radical (unpaired) electrons. The monoisotopic (exact) mass is 506 g/mol. The van der Waals surface area contributed by atoms with Gasteiger partial charge in [-0.05, 0) is 34.8 Å². The Labute approximate surface area is 218 Å². The van der Waals surface area contributed by atoms with Gasteiger partial charge in [0.25, 0.3) is 0 Å². The van der Waals surface area contributed by atoms with Gasteiger partial charge in [-0.15, -0.1) is 0 Å². The average molecular weight is 507 g/mol. The first-order valence-corrected chi connectivity index (χ1v) is 13.8. The van der Waals surface area contributed by atoms with Crippen molar-refractivity contribution in [2.24, 2.45) is 11.8 Å². The van der Waals surface area contributed by atoms with E-state index >= 15 is 0 Å². The van der Waals surface area contributed by atoms with Crippen LogP contribution in [0.2, 0.25) is 5.02 Å². The van der Waals surface area contributed by atoms with Crippen LogP contribution in [-0.4, -0.2) is 35.2 Å². The first-order valence-electron chi connectivity index (χ1n) is 13.5. The molecule has 7 rings (SSSR count). The summed E-state index contributed by atoms with van der Waals surface area (Å²) in [6, 6.07) is 17.6. The predicted octanol–water partition coefficient (Wildman–Crippen LogP) is 5.45. The molecule has 4 aliphatic rings. The molecular formula is C30H35ClN2O3. The van der Waals surface area contributed by atoms with Crippen LogP contribution in [0.3, 0.4) is 0 Å². The molecule has 1 aromatic heterocycles. The number of ether oxygens (including phenoxy) is 1. The number of rotatable bonds is 8. The van der Waals surface area contributed by atoms with Crippen molar-refractivity contribution < 1.29 is 18.7 Å². The zero-order valence-corrected chi connectivity index (χ0v) is 21.5. The van der Waals surface area contributed by atoms with Crippen molar-refractivity contribution in [1.82, 2.24) is 4.98 Å². The van der Waals surface area contributed by atoms with Crippen LogP contribution in [0.15, 0.2) is 65.2 Å². The van der Waals surface area contributed by atoms with Gasteiger partial charge in [0.15, 0.2) is 11.7 Å². The standard InChI is InChI=1S/C30H35ClN2O3/c31-26-12-10-22(11-13-26)21-35-28-20-33(16-14-23(28)15-17-33)19-27-18-32-29(36-27)30(34,25-8-4-5-9-25)24-6-2-1-3-7-24/h1-3,6-7,10-13,18,23,25,28H,4-5,8-9,14-17,19-21H2/t23?,28?,30-,33?/m0/s1. The number of nitrogens with zero attached hydrogens (tertiary/aromatic N) is 2. The molecule has 2 atom stereocenters. The van der Waals surface area contributed by atoms with Gasteiger partial charge in [0, 0.05) is 23.8 Å². The molecule has 5 nitrogen and oxygen atoms in total. The summed E-state index contributed by atoms with van der Waals surface area (Å²) in [5, 5.41) is 15.2. The molecule has 6 heteroatoms. The van der Waals surface area contributed by atoms with E-state index in [1.165, 1.54) is 12.8 Å². The highest BCUT2D eigenvalue weighted by molar-refractivity contribution is 6.30. The van der Waals surface area contributed by atoms with Crippen molar-refractivity contribution in [2.75, 3.05) is 19.6 Å². The van der Waals surface area contributed by atoms with Crippen molar-refractivity contribution in [1.29, 1.82) is 0 Å². The van der Waals surface area contributed by atoms with Crippen LogP contribution in [0.1, 0.15) is 61.3 Å². The highest BCUT2D eigenvalue weighted by Gasteiger charge is 2.47. The Morgan fingerprint density at radius 2 is 1.72 bits per heavy atom. The molecule has 3 aromatic rings. The molecule has 190 valence electrons. The Morgan fingerprint density at radius 1 is 1.00 bits per heavy atom. The molecule has 0 spiro atoms. The number of quaternary nitrogens is 1. The van der Waals surface area contributed by atoms with Crippen molar-refractivity contribution in [3.63, 3.8) is 0 Å². The molecule has 2 bridgehead atoms. The van der Waals surface area contributed by atoms with Crippen LogP contribution in [0, 0.1) is 11.8 Å². The SMILES string of the molecule is [O-][C@](c1ccccc1)(c1ncc(C[N+]23CCC(CC2)C(OCc2ccc(Cl)cc2)C3)o1)C1CCCC1. The molecule has 2 aromatic carbocycles. The number of halogens is 1. The minimum atomic E-state index is -1.42. The van der Waals surface area contributed by atoms with Crippen LogP contribution >= 0.6 is 11.6 Å². The smallest absolute Gasteiger partial charge is 0.188 e. The lowest BCUT2D eigenvalue weighted by atomic mass is 9.80. The average Bonchev–Trinajstić information content (AvgIpc) is 3.62. The molecule has 4 fully saturated rings. The molecular weight excluding hydrogens is 472 g/mol. The maximum absolute atomic E-state index is 14.5. The van der Waals surface area contributed by atoms with E-state index in [0.717, 1.165) is 78.3 Å². The minimum Gasteiger partial charge on any atom is -0.839 e. The van der Waals surface area contributed by atoms with Gasteiger partial charge in [0.2, 0.25) is 0 Å². The largest absolute Gasteiger partial charge is 0.839 e. The lowest BCUT2D eigenvalue weighted by molar-refractivity contribution is -0.959. The molecule has 0 amide bonds. The van der Waals surface area contributed by atoms with E-state index in [-0.39, 0.29) is 12.0 Å². The Hall–Kier alpha value is -2.18. The predicted molar refractivity (Wildman–Crippen MR) is 137 cm³/mol. The summed E-state index contributed by atoms with van der Waals surface area (Å²) in [5.41, 5.74) is 0.503. The number of piperidine rings is 3. The topological polar surface area (TPSA) is 58.3 Å². The van der Waals surface area contributed by atoms with Gasteiger partial charge >= 0.3 is 0 Å². The van der Waals surface area contributed by atoms with Gasteiger partial charge in [0.1, 0.15) is 19.2 Å². The summed E-state index contributed by atoms with van der Waals surface area (Å²) in [6.45, 7) is 4.63. The lowest BCUT2D eigenvalue weighted by Crippen LogP contribution is -2.63. The maximum atomic E-state index is 14.5. The fourth-order valence-electron chi connectivity index (χ4n) is 6.85. The van der Waals surface area contributed by atoms with Crippen molar-refractivity contribution in [2.45, 2.75) is 63.4 Å². The van der Waals surface area contributed by atoms with Gasteiger partial charge in [-0.1, -0.05) is 79.7 Å². The molecule has 4 heterocycles. The van der Waals surface area contributed by atoms with E-state index in [1.807, 2.05) is 60.8 Å². The van der Waals surface area contributed by atoms with Gasteiger partial charge in [-0.3, -0.25) is 0 Å². The first kappa shape index (κ1) is 24.2. The normalized spacial score (nSPS) is 27.8. The summed E-state index contributed by atoms with van der Waals surface area (Å²) in [6.07, 6.45) is 8.48. The molecule has 1 saturated carbocycles. The van der Waals surface area contributed by atoms with Crippen molar-refractivity contribution >= 4 is 11.6 Å². The Balaban J connectivity index is 1.18. The van der Waals surface area contributed by atoms with Crippen LogP contribution < -0.4 is 5.11 Å². The second kappa shape index (κ2) is 9.94. The quantitative estimate of drug-likeness (QED) is 0.381. The van der Waals surface area contributed by atoms with Gasteiger partial charge in [-0.2, -0.15) is 0 Å². The molecule has 1 unspecified atom stereocenters. The Morgan fingerprint density at radius 3 is 2.44 bits per heavy atom. The van der Waals surface area contributed by atoms with Gasteiger partial charge in [-0.25, -0.2) is 4.98 Å². The first-order chi connectivity index (χ1) is 17.5. The van der Waals surface area contributed by atoms with E-state index in [2.05, 4.69) is 4.98 Å². The second-order valence-corrected chi connectivity index (χ2v) is 11.6. The minimum absolute atomic E-state index is 0.0230. The highest BCUT2D eigenvalue weighted by Crippen LogP contribution is 2.43. The van der Waals surface area contributed by atoms with Gasteiger partial charge < -0.3 is 18.7 Å². The zero-order chi connectivity index (χ0) is 24.6. The lowest BCUT2D eigenvalue weighted by Gasteiger charge is -2.52. The molecule has 36 heavy (non-hydrogen) atoms. The third-order valence-corrected chi connectivity index (χ3v) is 9.17. The summed E-state index contributed by atoms with van der Waals surface area (Å²) in [7, 11) is 0. The van der Waals surface area contributed by atoms with Crippen LogP contribution in [-0.2, 0) is 23.5 Å². The number of hydrogen-bond donors (Lipinski definition) is 0. The fraction of sp³-hybridized carbons (Fsp3) is 0.500. The number of benzene rings is 2. The molecule has 1 aliphatic carbocycles. The second-order valence-electron chi connectivity index (χ2n) is 11.2. The third kappa shape index (κ3) is 4.63. The summed E-state index contributed by atoms with van der Waals surface area (Å²) in [4.78, 5) is 4.62. The summed E-state index contributed by atoms with van der Waals surface area (Å²) < 4.78 is 13.7. The van der Waals surface area contributed by atoms with Crippen LogP contribution in [0.25, 0.3) is 0 Å². The van der Waals surface area contributed by atoms with Crippen molar-refractivity contribution in [3.8, 4) is 0 Å². The molecule has 3 aliphatic heterocycles. The zero-order valence-electron chi connectivity index (χ0n) is 20.8. The van der Waals surface area contributed by atoms with E-state index in [0.29, 0.717) is 18.4 Å². The third-order valence-electron chi connectivity index (χ3n) is 8.91. The summed E-state index contributed by atoms with van der Waals surface area (Å²) >= 11 is 6.03. The van der Waals surface area contributed by atoms with E-state index in [9.17, 15) is 5.11 Å². The van der Waals surface area contributed by atoms with Crippen LogP contribution in [0.5, 0.6) is 0 Å². The Kier molecular flexibility index (Phi) is 6.67. The van der Waals surface area contributed by atoms with E-state index < -0.39 is 5.60 Å². The fourth-order valence-corrected chi connectivity index (χ4v) is 6.98. The van der Waals surface area contributed by atoms with E-state index in [4.69, 9.17) is 20.8 Å². The number of oxazole rings is 1. The molecule has 3 saturated heterocycles. The summed E-state index contributed by atoms with van der Waals surface area (Å²) in [5.74, 6) is 1.82. The Bertz CT molecular complexity index is 1150. The number of aromatic nitrogens is 1. The van der Waals surface area contributed by atoms with Crippen LogP contribution in [0.4, 0.5) is 0 Å². The van der Waals surface area contributed by atoms with Gasteiger partial charge in [0.05, 0.1) is 25.9 Å². The van der Waals surface area contributed by atoms with E-state index in [1.54, 1.807) is 0 Å². The maximum Gasteiger partial charge on any atom is 0.188 e. The highest BCUT2D eigenvalue weighted by atomic mass is 35.5.